The van der Waals surface area contributed by atoms with E-state index in [2.05, 4.69) is 21.2 Å². The van der Waals surface area contributed by atoms with Crippen molar-refractivity contribution in [2.24, 2.45) is 0 Å². The first kappa shape index (κ1) is 22.3. The first-order valence-electron chi connectivity index (χ1n) is 8.19. The van der Waals surface area contributed by atoms with Gasteiger partial charge in [-0.25, -0.2) is 21.9 Å². The Bertz CT molecular complexity index is 966. The van der Waals surface area contributed by atoms with E-state index in [-0.39, 0.29) is 30.2 Å². The van der Waals surface area contributed by atoms with E-state index in [1.165, 1.54) is 50.5 Å². The van der Waals surface area contributed by atoms with Crippen LogP contribution in [-0.4, -0.2) is 51.0 Å². The van der Waals surface area contributed by atoms with Crippen molar-refractivity contribution in [2.75, 3.05) is 32.6 Å². The Hall–Kier alpha value is -2.01. The molecule has 0 amide bonds. The molecule has 0 aliphatic carbocycles. The van der Waals surface area contributed by atoms with Crippen molar-refractivity contribution in [3.05, 3.63) is 57.8 Å². The molecule has 0 bridgehead atoms. The number of sulfonamides is 1. The number of hydrogen-bond donors (Lipinski definition) is 2. The van der Waals surface area contributed by atoms with E-state index < -0.39 is 21.8 Å². The number of hydrogen-bond acceptors (Lipinski definition) is 6. The smallest absolute Gasteiger partial charge is 0.340 e. The van der Waals surface area contributed by atoms with E-state index in [9.17, 15) is 17.6 Å². The van der Waals surface area contributed by atoms with Crippen LogP contribution in [0.2, 0.25) is 0 Å². The van der Waals surface area contributed by atoms with E-state index in [4.69, 9.17) is 9.84 Å². The Balaban J connectivity index is 2.32. The molecule has 7 nitrogen and oxygen atoms in total. The topological polar surface area (TPSA) is 95.9 Å². The molecule has 28 heavy (non-hydrogen) atoms. The zero-order valence-corrected chi connectivity index (χ0v) is 17.7. The van der Waals surface area contributed by atoms with E-state index >= 15 is 0 Å². The van der Waals surface area contributed by atoms with Gasteiger partial charge in [0, 0.05) is 36.4 Å². The van der Waals surface area contributed by atoms with Gasteiger partial charge < -0.3 is 15.2 Å². The molecule has 0 aromatic heterocycles. The van der Waals surface area contributed by atoms with Gasteiger partial charge in [0.2, 0.25) is 10.0 Å². The number of anilines is 1. The van der Waals surface area contributed by atoms with E-state index in [1.54, 1.807) is 0 Å². The standard InChI is InChI=1S/C18H20BrFN2O5S/c1-22(2)28(25,26)14-5-6-17(21-7-8-23)15(10-14)18(24)27-11-12-3-4-13(20)9-16(12)19/h3-6,9-10,21,23H,7-8,11H2,1-2H3. The molecule has 2 aromatic rings. The monoisotopic (exact) mass is 474 g/mol. The quantitative estimate of drug-likeness (QED) is 0.570. The number of nitrogens with zero attached hydrogens (tertiary/aromatic N) is 1. The molecule has 0 unspecified atom stereocenters. The van der Waals surface area contributed by atoms with Gasteiger partial charge in [0.25, 0.3) is 0 Å². The van der Waals surface area contributed by atoms with Crippen molar-refractivity contribution in [2.45, 2.75) is 11.5 Å². The van der Waals surface area contributed by atoms with Crippen LogP contribution in [0.15, 0.2) is 45.8 Å². The third-order valence-corrected chi connectivity index (χ3v) is 6.34. The molecule has 2 N–H and O–H groups in total. The van der Waals surface area contributed by atoms with Crippen LogP contribution in [0.1, 0.15) is 15.9 Å². The molecule has 2 rings (SSSR count). The number of ether oxygens (including phenoxy) is 1. The molecule has 0 aliphatic rings. The molecule has 0 radical (unpaired) electrons. The van der Waals surface area contributed by atoms with E-state index in [0.717, 1.165) is 4.31 Å². The minimum absolute atomic E-state index is 0.00890. The number of aliphatic hydroxyl groups is 1. The van der Waals surface area contributed by atoms with Gasteiger partial charge in [-0.15, -0.1) is 0 Å². The van der Waals surface area contributed by atoms with Crippen LogP contribution in [0, 0.1) is 5.82 Å². The van der Waals surface area contributed by atoms with Gasteiger partial charge >= 0.3 is 5.97 Å². The first-order valence-corrected chi connectivity index (χ1v) is 10.4. The Morgan fingerprint density at radius 1 is 1.25 bits per heavy atom. The molecule has 2 aromatic carbocycles. The summed E-state index contributed by atoms with van der Waals surface area (Å²) >= 11 is 3.20. The lowest BCUT2D eigenvalue weighted by atomic mass is 10.1. The van der Waals surface area contributed by atoms with Gasteiger partial charge in [-0.2, -0.15) is 0 Å². The van der Waals surface area contributed by atoms with Crippen LogP contribution in [-0.2, 0) is 21.4 Å². The van der Waals surface area contributed by atoms with Crippen molar-refractivity contribution in [3.8, 4) is 0 Å². The highest BCUT2D eigenvalue weighted by molar-refractivity contribution is 9.10. The summed E-state index contributed by atoms with van der Waals surface area (Å²) in [4.78, 5) is 12.5. The molecule has 0 fully saturated rings. The van der Waals surface area contributed by atoms with Crippen molar-refractivity contribution < 1.29 is 27.4 Å². The maximum atomic E-state index is 13.2. The third kappa shape index (κ3) is 5.28. The third-order valence-electron chi connectivity index (χ3n) is 3.79. The molecule has 0 atom stereocenters. The molecule has 0 heterocycles. The number of benzene rings is 2. The second-order valence-corrected chi connectivity index (χ2v) is 8.96. The summed E-state index contributed by atoms with van der Waals surface area (Å²) in [6, 6.07) is 7.99. The van der Waals surface area contributed by atoms with Crippen LogP contribution in [0.25, 0.3) is 0 Å². The summed E-state index contributed by atoms with van der Waals surface area (Å²) in [7, 11) is -0.977. The normalized spacial score (nSPS) is 11.5. The number of rotatable bonds is 8. The van der Waals surface area contributed by atoms with Crippen LogP contribution in [0.4, 0.5) is 10.1 Å². The fourth-order valence-corrected chi connectivity index (χ4v) is 3.66. The largest absolute Gasteiger partial charge is 0.457 e. The van der Waals surface area contributed by atoms with Gasteiger partial charge in [-0.05, 0) is 30.3 Å². The average Bonchev–Trinajstić information content (AvgIpc) is 2.65. The van der Waals surface area contributed by atoms with Gasteiger partial charge in [-0.1, -0.05) is 22.0 Å². The van der Waals surface area contributed by atoms with Crippen molar-refractivity contribution in [1.29, 1.82) is 0 Å². The minimum atomic E-state index is -3.75. The highest BCUT2D eigenvalue weighted by atomic mass is 79.9. The predicted octanol–water partition coefficient (Wildman–Crippen LogP) is 2.60. The molecule has 0 saturated carbocycles. The van der Waals surface area contributed by atoms with Gasteiger partial charge in [0.05, 0.1) is 17.1 Å². The fraction of sp³-hybridized carbons (Fsp3) is 0.278. The van der Waals surface area contributed by atoms with Crippen molar-refractivity contribution in [1.82, 2.24) is 4.31 Å². The molecule has 152 valence electrons. The predicted molar refractivity (Wildman–Crippen MR) is 106 cm³/mol. The maximum absolute atomic E-state index is 13.2. The summed E-state index contributed by atoms with van der Waals surface area (Å²) in [6.45, 7) is -0.137. The van der Waals surface area contributed by atoms with Gasteiger partial charge in [0.1, 0.15) is 12.4 Å². The zero-order chi connectivity index (χ0) is 20.9. The molecular formula is C18H20BrFN2O5S. The van der Waals surface area contributed by atoms with Crippen LogP contribution < -0.4 is 5.32 Å². The van der Waals surface area contributed by atoms with Crippen molar-refractivity contribution in [3.63, 3.8) is 0 Å². The maximum Gasteiger partial charge on any atom is 0.340 e. The lowest BCUT2D eigenvalue weighted by Crippen LogP contribution is -2.23. The Morgan fingerprint density at radius 3 is 2.57 bits per heavy atom. The lowest BCUT2D eigenvalue weighted by molar-refractivity contribution is 0.0472. The van der Waals surface area contributed by atoms with Crippen LogP contribution in [0.3, 0.4) is 0 Å². The zero-order valence-electron chi connectivity index (χ0n) is 15.3. The molecule has 10 heteroatoms. The van der Waals surface area contributed by atoms with E-state index in [0.29, 0.717) is 15.7 Å². The SMILES string of the molecule is CN(C)S(=O)(=O)c1ccc(NCCO)c(C(=O)OCc2ccc(F)cc2Br)c1. The second-order valence-electron chi connectivity index (χ2n) is 5.96. The summed E-state index contributed by atoms with van der Waals surface area (Å²) in [6.07, 6.45) is 0. The highest BCUT2D eigenvalue weighted by Crippen LogP contribution is 2.24. The number of halogens is 2. The summed E-state index contributed by atoms with van der Waals surface area (Å²) in [5, 5.41) is 11.9. The number of nitrogens with one attached hydrogen (secondary N) is 1. The molecular weight excluding hydrogens is 455 g/mol. The van der Waals surface area contributed by atoms with E-state index in [1.807, 2.05) is 0 Å². The Morgan fingerprint density at radius 2 is 1.96 bits per heavy atom. The van der Waals surface area contributed by atoms with Crippen LogP contribution in [0.5, 0.6) is 0 Å². The fourth-order valence-electron chi connectivity index (χ4n) is 2.27. The van der Waals surface area contributed by atoms with Gasteiger partial charge in [0.15, 0.2) is 0 Å². The summed E-state index contributed by atoms with van der Waals surface area (Å²) in [5.74, 6) is -1.19. The molecule has 0 spiro atoms. The molecule has 0 aliphatic heterocycles. The first-order chi connectivity index (χ1) is 13.2. The molecule has 0 saturated heterocycles. The Labute approximate surface area is 171 Å². The number of carbonyl (C=O) groups excluding carboxylic acids is 1. The highest BCUT2D eigenvalue weighted by Gasteiger charge is 2.22. The van der Waals surface area contributed by atoms with Gasteiger partial charge in [-0.3, -0.25) is 0 Å². The summed E-state index contributed by atoms with van der Waals surface area (Å²) in [5.41, 5.74) is 0.890. The lowest BCUT2D eigenvalue weighted by Gasteiger charge is -2.16. The second kappa shape index (κ2) is 9.46. The number of carbonyl (C=O) groups is 1. The number of esters is 1. The Kier molecular flexibility index (Phi) is 7.53. The van der Waals surface area contributed by atoms with Crippen LogP contribution >= 0.6 is 15.9 Å². The minimum Gasteiger partial charge on any atom is -0.457 e. The average molecular weight is 475 g/mol. The van der Waals surface area contributed by atoms with Crippen molar-refractivity contribution >= 4 is 37.6 Å². The summed E-state index contributed by atoms with van der Waals surface area (Å²) < 4.78 is 44.7. The number of aliphatic hydroxyl groups excluding tert-OH is 1.